The lowest BCUT2D eigenvalue weighted by Gasteiger charge is -2.10. The molecule has 0 amide bonds. The first-order chi connectivity index (χ1) is 10.3. The van der Waals surface area contributed by atoms with Crippen LogP contribution in [0.2, 0.25) is 0 Å². The Morgan fingerprint density at radius 1 is 0.476 bits per heavy atom. The Kier molecular flexibility index (Phi) is 18.0. The van der Waals surface area contributed by atoms with E-state index in [0.717, 1.165) is 0 Å². The van der Waals surface area contributed by atoms with Crippen molar-refractivity contribution >= 4 is 0 Å². The molecule has 0 saturated heterocycles. The Labute approximate surface area is 135 Å². The summed E-state index contributed by atoms with van der Waals surface area (Å²) in [6, 6.07) is 0.470. The molecule has 0 radical (unpaired) electrons. The molecule has 2 N–H and O–H groups in total. The molecule has 1 heteroatoms. The van der Waals surface area contributed by atoms with Crippen molar-refractivity contribution in [2.45, 2.75) is 129 Å². The Morgan fingerprint density at radius 2 is 0.810 bits per heavy atom. The fraction of sp³-hybridized carbons (Fsp3) is 1.00. The van der Waals surface area contributed by atoms with Gasteiger partial charge in [-0.25, -0.2) is 0 Å². The van der Waals surface area contributed by atoms with Crippen LogP contribution in [0.1, 0.15) is 123 Å². The quantitative estimate of drug-likeness (QED) is 0.288. The van der Waals surface area contributed by atoms with Gasteiger partial charge in [0.2, 0.25) is 0 Å². The lowest BCUT2D eigenvalue weighted by molar-refractivity contribution is 0.492. The smallest absolute Gasteiger partial charge is 0.00388 e. The molecule has 0 aliphatic carbocycles. The second kappa shape index (κ2) is 18.0. The van der Waals surface area contributed by atoms with Crippen molar-refractivity contribution in [3.63, 3.8) is 0 Å². The van der Waals surface area contributed by atoms with Gasteiger partial charge in [0.15, 0.2) is 0 Å². The van der Waals surface area contributed by atoms with Gasteiger partial charge in [-0.2, -0.15) is 0 Å². The molecule has 1 atom stereocenters. The Balaban J connectivity index is 3.02. The van der Waals surface area contributed by atoms with Crippen LogP contribution in [0, 0.1) is 0 Å². The van der Waals surface area contributed by atoms with Crippen molar-refractivity contribution in [1.29, 1.82) is 0 Å². The minimum Gasteiger partial charge on any atom is -0.328 e. The van der Waals surface area contributed by atoms with Crippen LogP contribution in [0.5, 0.6) is 0 Å². The number of rotatable bonds is 17. The Bertz CT molecular complexity index is 179. The molecule has 0 aliphatic rings. The van der Waals surface area contributed by atoms with Crippen LogP contribution in [0.4, 0.5) is 0 Å². The maximum absolute atomic E-state index is 6.10. The zero-order chi connectivity index (χ0) is 15.6. The van der Waals surface area contributed by atoms with E-state index < -0.39 is 0 Å². The number of hydrogen-bond donors (Lipinski definition) is 1. The third-order valence-corrected chi connectivity index (χ3v) is 4.61. The molecule has 128 valence electrons. The lowest BCUT2D eigenvalue weighted by atomic mass is 10.0. The van der Waals surface area contributed by atoms with Crippen LogP contribution in [0.15, 0.2) is 0 Å². The molecule has 1 unspecified atom stereocenters. The molecule has 0 saturated carbocycles. The van der Waals surface area contributed by atoms with Crippen molar-refractivity contribution in [1.82, 2.24) is 0 Å². The van der Waals surface area contributed by atoms with E-state index in [1.807, 2.05) is 0 Å². The van der Waals surface area contributed by atoms with Gasteiger partial charge < -0.3 is 5.73 Å². The van der Waals surface area contributed by atoms with E-state index in [0.29, 0.717) is 6.04 Å². The summed E-state index contributed by atoms with van der Waals surface area (Å²) in [7, 11) is 0. The van der Waals surface area contributed by atoms with Crippen LogP contribution in [-0.4, -0.2) is 6.04 Å². The summed E-state index contributed by atoms with van der Waals surface area (Å²) < 4.78 is 0. The third-order valence-electron chi connectivity index (χ3n) is 4.61. The van der Waals surface area contributed by atoms with Gasteiger partial charge in [0.1, 0.15) is 0 Å². The third kappa shape index (κ3) is 17.9. The van der Waals surface area contributed by atoms with Gasteiger partial charge in [-0.1, -0.05) is 110 Å². The molecule has 21 heavy (non-hydrogen) atoms. The van der Waals surface area contributed by atoms with Crippen LogP contribution in [0.25, 0.3) is 0 Å². The molecule has 0 aromatic heterocycles. The Morgan fingerprint density at radius 3 is 1.24 bits per heavy atom. The molecule has 0 spiro atoms. The topological polar surface area (TPSA) is 26.0 Å². The van der Waals surface area contributed by atoms with Crippen LogP contribution >= 0.6 is 0 Å². The monoisotopic (exact) mass is 297 g/mol. The maximum Gasteiger partial charge on any atom is 0.00388 e. The molecular weight excluding hydrogens is 254 g/mol. The normalized spacial score (nSPS) is 12.7. The van der Waals surface area contributed by atoms with E-state index in [9.17, 15) is 0 Å². The highest BCUT2D eigenvalue weighted by Crippen LogP contribution is 2.14. The molecule has 0 rings (SSSR count). The first-order valence-electron chi connectivity index (χ1n) is 10.1. The maximum atomic E-state index is 6.10. The van der Waals surface area contributed by atoms with Crippen molar-refractivity contribution < 1.29 is 0 Å². The predicted molar refractivity (Wildman–Crippen MR) is 97.8 cm³/mol. The zero-order valence-corrected chi connectivity index (χ0v) is 15.2. The Hall–Kier alpha value is -0.0400. The summed E-state index contributed by atoms with van der Waals surface area (Å²) in [5.41, 5.74) is 6.10. The highest BCUT2D eigenvalue weighted by Gasteiger charge is 2.01. The van der Waals surface area contributed by atoms with Gasteiger partial charge >= 0.3 is 0 Å². The average molecular weight is 298 g/mol. The van der Waals surface area contributed by atoms with Crippen LogP contribution in [-0.2, 0) is 0 Å². The standard InChI is InChI=1S/C20H43N/c1-3-5-7-8-9-10-11-12-13-14-15-16-17-19-20(21)18-6-4-2/h20H,3-19,21H2,1-2H3. The highest BCUT2D eigenvalue weighted by molar-refractivity contribution is 4.61. The predicted octanol–water partition coefficient (Wildman–Crippen LogP) is 6.99. The van der Waals surface area contributed by atoms with Crippen LogP contribution in [0.3, 0.4) is 0 Å². The second-order valence-electron chi connectivity index (χ2n) is 6.93. The molecule has 0 heterocycles. The van der Waals surface area contributed by atoms with E-state index in [-0.39, 0.29) is 0 Å². The number of nitrogens with two attached hydrogens (primary N) is 1. The molecule has 0 aromatic rings. The summed E-state index contributed by atoms with van der Waals surface area (Å²) in [4.78, 5) is 0. The summed E-state index contributed by atoms with van der Waals surface area (Å²) >= 11 is 0. The highest BCUT2D eigenvalue weighted by atomic mass is 14.6. The van der Waals surface area contributed by atoms with Crippen molar-refractivity contribution in [3.05, 3.63) is 0 Å². The minimum atomic E-state index is 0.470. The summed E-state index contributed by atoms with van der Waals surface area (Å²) in [5, 5.41) is 0. The molecule has 1 nitrogen and oxygen atoms in total. The van der Waals surface area contributed by atoms with E-state index in [1.165, 1.54) is 109 Å². The van der Waals surface area contributed by atoms with Crippen molar-refractivity contribution in [3.8, 4) is 0 Å². The van der Waals surface area contributed by atoms with Crippen molar-refractivity contribution in [2.75, 3.05) is 0 Å². The molecule has 0 aliphatic heterocycles. The van der Waals surface area contributed by atoms with Gasteiger partial charge in [-0.05, 0) is 12.8 Å². The van der Waals surface area contributed by atoms with Gasteiger partial charge in [-0.15, -0.1) is 0 Å². The largest absolute Gasteiger partial charge is 0.328 e. The van der Waals surface area contributed by atoms with Crippen molar-refractivity contribution in [2.24, 2.45) is 5.73 Å². The number of unbranched alkanes of at least 4 members (excludes halogenated alkanes) is 13. The van der Waals surface area contributed by atoms with E-state index in [1.54, 1.807) is 0 Å². The van der Waals surface area contributed by atoms with Gasteiger partial charge in [0.05, 0.1) is 0 Å². The number of hydrogen-bond acceptors (Lipinski definition) is 1. The summed E-state index contributed by atoms with van der Waals surface area (Å²) in [6.45, 7) is 4.54. The first kappa shape index (κ1) is 21.0. The first-order valence-corrected chi connectivity index (χ1v) is 10.1. The lowest BCUT2D eigenvalue weighted by Crippen LogP contribution is -2.19. The molecular formula is C20H43N. The average Bonchev–Trinajstić information content (AvgIpc) is 2.49. The molecule has 0 bridgehead atoms. The van der Waals surface area contributed by atoms with E-state index >= 15 is 0 Å². The zero-order valence-electron chi connectivity index (χ0n) is 15.2. The van der Waals surface area contributed by atoms with Crippen LogP contribution < -0.4 is 5.73 Å². The summed E-state index contributed by atoms with van der Waals surface area (Å²) in [6.07, 6.45) is 23.7. The van der Waals surface area contributed by atoms with E-state index in [2.05, 4.69) is 13.8 Å². The fourth-order valence-corrected chi connectivity index (χ4v) is 3.03. The fourth-order valence-electron chi connectivity index (χ4n) is 3.03. The summed E-state index contributed by atoms with van der Waals surface area (Å²) in [5.74, 6) is 0. The van der Waals surface area contributed by atoms with E-state index in [4.69, 9.17) is 5.73 Å². The van der Waals surface area contributed by atoms with Gasteiger partial charge in [0.25, 0.3) is 0 Å². The van der Waals surface area contributed by atoms with Gasteiger partial charge in [-0.3, -0.25) is 0 Å². The SMILES string of the molecule is CCCCCCCCCCCCCCCC(N)CCCC. The molecule has 0 aromatic carbocycles. The second-order valence-corrected chi connectivity index (χ2v) is 6.93. The van der Waals surface area contributed by atoms with Gasteiger partial charge in [0, 0.05) is 6.04 Å². The molecule has 0 fully saturated rings. The minimum absolute atomic E-state index is 0.470.